The Morgan fingerprint density at radius 3 is 2.67 bits per heavy atom. The molecule has 2 heterocycles. The molecule has 0 radical (unpaired) electrons. The van der Waals surface area contributed by atoms with Gasteiger partial charge in [0, 0.05) is 31.5 Å². The SMILES string of the molecule is C=C(C)CNC1CCN(Cc2ccncc2)CC1. The topological polar surface area (TPSA) is 28.2 Å². The van der Waals surface area contributed by atoms with Crippen LogP contribution in [0.15, 0.2) is 36.7 Å². The van der Waals surface area contributed by atoms with E-state index < -0.39 is 0 Å². The van der Waals surface area contributed by atoms with Crippen LogP contribution in [0.4, 0.5) is 0 Å². The lowest BCUT2D eigenvalue weighted by Gasteiger charge is -2.32. The lowest BCUT2D eigenvalue weighted by molar-refractivity contribution is 0.192. The molecule has 1 fully saturated rings. The zero-order chi connectivity index (χ0) is 12.8. The van der Waals surface area contributed by atoms with Crippen molar-refractivity contribution in [2.75, 3.05) is 19.6 Å². The summed E-state index contributed by atoms with van der Waals surface area (Å²) in [5, 5.41) is 3.57. The highest BCUT2D eigenvalue weighted by molar-refractivity contribution is 5.09. The number of likely N-dealkylation sites (tertiary alicyclic amines) is 1. The van der Waals surface area contributed by atoms with Crippen molar-refractivity contribution in [3.05, 3.63) is 42.2 Å². The molecule has 2 rings (SSSR count). The fourth-order valence-electron chi connectivity index (χ4n) is 2.36. The number of pyridine rings is 1. The van der Waals surface area contributed by atoms with Crippen LogP contribution in [0.5, 0.6) is 0 Å². The van der Waals surface area contributed by atoms with Gasteiger partial charge in [-0.1, -0.05) is 12.2 Å². The fourth-order valence-corrected chi connectivity index (χ4v) is 2.36. The number of aromatic nitrogens is 1. The highest BCUT2D eigenvalue weighted by Gasteiger charge is 2.18. The Balaban J connectivity index is 1.72. The first-order valence-corrected chi connectivity index (χ1v) is 6.73. The van der Waals surface area contributed by atoms with Crippen LogP contribution in [-0.4, -0.2) is 35.6 Å². The number of nitrogens with one attached hydrogen (secondary N) is 1. The quantitative estimate of drug-likeness (QED) is 0.806. The van der Waals surface area contributed by atoms with Gasteiger partial charge in [-0.3, -0.25) is 9.88 Å². The van der Waals surface area contributed by atoms with Crippen molar-refractivity contribution in [2.45, 2.75) is 32.4 Å². The summed E-state index contributed by atoms with van der Waals surface area (Å²) in [7, 11) is 0. The van der Waals surface area contributed by atoms with Crippen molar-refractivity contribution in [1.29, 1.82) is 0 Å². The Labute approximate surface area is 110 Å². The van der Waals surface area contributed by atoms with E-state index in [4.69, 9.17) is 0 Å². The van der Waals surface area contributed by atoms with E-state index in [9.17, 15) is 0 Å². The van der Waals surface area contributed by atoms with E-state index in [0.717, 1.165) is 13.1 Å². The molecule has 1 aromatic rings. The average Bonchev–Trinajstić information content (AvgIpc) is 2.39. The van der Waals surface area contributed by atoms with Crippen molar-refractivity contribution < 1.29 is 0 Å². The molecule has 0 saturated carbocycles. The predicted octanol–water partition coefficient (Wildman–Crippen LogP) is 2.21. The molecule has 3 heteroatoms. The third-order valence-electron chi connectivity index (χ3n) is 3.44. The van der Waals surface area contributed by atoms with E-state index in [1.54, 1.807) is 0 Å². The first kappa shape index (κ1) is 13.2. The molecule has 0 aromatic carbocycles. The van der Waals surface area contributed by atoms with Crippen LogP contribution in [0, 0.1) is 0 Å². The average molecular weight is 245 g/mol. The lowest BCUT2D eigenvalue weighted by Crippen LogP contribution is -2.42. The van der Waals surface area contributed by atoms with E-state index in [0.29, 0.717) is 6.04 Å². The van der Waals surface area contributed by atoms with Crippen LogP contribution in [0.1, 0.15) is 25.3 Å². The van der Waals surface area contributed by atoms with Crippen LogP contribution in [0.25, 0.3) is 0 Å². The highest BCUT2D eigenvalue weighted by atomic mass is 15.1. The summed E-state index contributed by atoms with van der Waals surface area (Å²) in [6.45, 7) is 10.4. The van der Waals surface area contributed by atoms with Gasteiger partial charge in [-0.15, -0.1) is 0 Å². The largest absolute Gasteiger partial charge is 0.310 e. The van der Waals surface area contributed by atoms with Crippen molar-refractivity contribution in [3.63, 3.8) is 0 Å². The molecule has 1 aliphatic heterocycles. The Morgan fingerprint density at radius 2 is 2.06 bits per heavy atom. The summed E-state index contributed by atoms with van der Waals surface area (Å²) in [4.78, 5) is 6.58. The molecule has 1 aromatic heterocycles. The zero-order valence-corrected chi connectivity index (χ0v) is 11.2. The molecule has 0 bridgehead atoms. The van der Waals surface area contributed by atoms with Crippen LogP contribution in [0.3, 0.4) is 0 Å². The van der Waals surface area contributed by atoms with Crippen molar-refractivity contribution in [2.24, 2.45) is 0 Å². The van der Waals surface area contributed by atoms with Gasteiger partial charge < -0.3 is 5.32 Å². The molecule has 0 atom stereocenters. The summed E-state index contributed by atoms with van der Waals surface area (Å²) in [6.07, 6.45) is 6.21. The van der Waals surface area contributed by atoms with Gasteiger partial charge in [-0.25, -0.2) is 0 Å². The minimum absolute atomic E-state index is 0.662. The van der Waals surface area contributed by atoms with Gasteiger partial charge in [0.25, 0.3) is 0 Å². The number of nitrogens with zero attached hydrogens (tertiary/aromatic N) is 2. The minimum Gasteiger partial charge on any atom is -0.310 e. The molecule has 0 aliphatic carbocycles. The van der Waals surface area contributed by atoms with E-state index in [1.165, 1.54) is 37.1 Å². The van der Waals surface area contributed by atoms with Crippen LogP contribution >= 0.6 is 0 Å². The smallest absolute Gasteiger partial charge is 0.0271 e. The van der Waals surface area contributed by atoms with Crippen molar-refractivity contribution in [3.8, 4) is 0 Å². The second-order valence-electron chi connectivity index (χ2n) is 5.24. The van der Waals surface area contributed by atoms with Gasteiger partial charge in [0.05, 0.1) is 0 Å². The maximum Gasteiger partial charge on any atom is 0.0271 e. The molecule has 98 valence electrons. The summed E-state index contributed by atoms with van der Waals surface area (Å²) < 4.78 is 0. The maximum atomic E-state index is 4.05. The number of piperidine rings is 1. The van der Waals surface area contributed by atoms with Crippen LogP contribution in [0.2, 0.25) is 0 Å². The molecule has 1 N–H and O–H groups in total. The Bertz CT molecular complexity index is 367. The number of rotatable bonds is 5. The lowest BCUT2D eigenvalue weighted by atomic mass is 10.0. The minimum atomic E-state index is 0.662. The van der Waals surface area contributed by atoms with Gasteiger partial charge in [-0.2, -0.15) is 0 Å². The molecule has 18 heavy (non-hydrogen) atoms. The fraction of sp³-hybridized carbons (Fsp3) is 0.533. The monoisotopic (exact) mass is 245 g/mol. The molecule has 0 amide bonds. The summed E-state index contributed by atoms with van der Waals surface area (Å²) in [6, 6.07) is 4.87. The summed E-state index contributed by atoms with van der Waals surface area (Å²) >= 11 is 0. The number of hydrogen-bond acceptors (Lipinski definition) is 3. The Kier molecular flexibility index (Phi) is 4.90. The molecular formula is C15H23N3. The van der Waals surface area contributed by atoms with Crippen molar-refractivity contribution >= 4 is 0 Å². The molecule has 3 nitrogen and oxygen atoms in total. The highest BCUT2D eigenvalue weighted by Crippen LogP contribution is 2.13. The van der Waals surface area contributed by atoms with Gasteiger partial charge in [-0.05, 0) is 50.6 Å². The first-order chi connectivity index (χ1) is 8.74. The normalized spacial score (nSPS) is 17.8. The van der Waals surface area contributed by atoms with Gasteiger partial charge in [0.2, 0.25) is 0 Å². The summed E-state index contributed by atoms with van der Waals surface area (Å²) in [5.41, 5.74) is 2.58. The molecule has 0 unspecified atom stereocenters. The molecule has 1 saturated heterocycles. The van der Waals surface area contributed by atoms with E-state index in [-0.39, 0.29) is 0 Å². The van der Waals surface area contributed by atoms with E-state index in [1.807, 2.05) is 12.4 Å². The Hall–Kier alpha value is -1.19. The summed E-state index contributed by atoms with van der Waals surface area (Å²) in [5.74, 6) is 0. The molecule has 1 aliphatic rings. The van der Waals surface area contributed by atoms with Crippen LogP contribution < -0.4 is 5.32 Å². The van der Waals surface area contributed by atoms with E-state index >= 15 is 0 Å². The maximum absolute atomic E-state index is 4.05. The van der Waals surface area contributed by atoms with Gasteiger partial charge in [0.1, 0.15) is 0 Å². The third kappa shape index (κ3) is 4.24. The second kappa shape index (κ2) is 6.66. The number of hydrogen-bond donors (Lipinski definition) is 1. The standard InChI is InChI=1S/C15H23N3/c1-13(2)11-17-15-5-9-18(10-6-15)12-14-3-7-16-8-4-14/h3-4,7-8,15,17H,1,5-6,9-12H2,2H3. The molecular weight excluding hydrogens is 222 g/mol. The van der Waals surface area contributed by atoms with Gasteiger partial charge in [0.15, 0.2) is 0 Å². The Morgan fingerprint density at radius 1 is 1.39 bits per heavy atom. The predicted molar refractivity (Wildman–Crippen MR) is 75.4 cm³/mol. The third-order valence-corrected chi connectivity index (χ3v) is 3.44. The molecule has 0 spiro atoms. The van der Waals surface area contributed by atoms with E-state index in [2.05, 4.69) is 40.8 Å². The zero-order valence-electron chi connectivity index (χ0n) is 11.2. The first-order valence-electron chi connectivity index (χ1n) is 6.73. The van der Waals surface area contributed by atoms with Crippen molar-refractivity contribution in [1.82, 2.24) is 15.2 Å². The second-order valence-corrected chi connectivity index (χ2v) is 5.24. The van der Waals surface area contributed by atoms with Gasteiger partial charge >= 0.3 is 0 Å². The van der Waals surface area contributed by atoms with Crippen LogP contribution in [-0.2, 0) is 6.54 Å².